The molecule has 1 atom stereocenters. The Kier molecular flexibility index (Phi) is 5.89. The summed E-state index contributed by atoms with van der Waals surface area (Å²) in [4.78, 5) is 15.1. The highest BCUT2D eigenvalue weighted by Gasteiger charge is 2.33. The Morgan fingerprint density at radius 1 is 0.933 bits per heavy atom. The third-order valence-corrected chi connectivity index (χ3v) is 5.41. The molecular weight excluding hydrogens is 378 g/mol. The van der Waals surface area contributed by atoms with Crippen LogP contribution in [-0.4, -0.2) is 38.2 Å². The molecule has 4 rings (SSSR count). The van der Waals surface area contributed by atoms with E-state index in [0.717, 1.165) is 23.1 Å². The van der Waals surface area contributed by atoms with Gasteiger partial charge in [0.1, 0.15) is 5.75 Å². The lowest BCUT2D eigenvalue weighted by molar-refractivity contribution is -0.135. The van der Waals surface area contributed by atoms with Gasteiger partial charge in [-0.1, -0.05) is 48.5 Å². The topological polar surface area (TPSA) is 48.0 Å². The average molecular weight is 403 g/mol. The summed E-state index contributed by atoms with van der Waals surface area (Å²) in [5.41, 5.74) is 3.27. The number of benzene rings is 3. The number of para-hydroxylation sites is 1. The van der Waals surface area contributed by atoms with E-state index >= 15 is 0 Å². The lowest BCUT2D eigenvalue weighted by Crippen LogP contribution is -2.43. The Morgan fingerprint density at radius 3 is 2.23 bits per heavy atom. The van der Waals surface area contributed by atoms with Gasteiger partial charge in [0.05, 0.1) is 20.3 Å². The highest BCUT2D eigenvalue weighted by atomic mass is 16.5. The second-order valence-corrected chi connectivity index (χ2v) is 7.16. The Bertz CT molecular complexity index is 1000. The van der Waals surface area contributed by atoms with Gasteiger partial charge in [-0.05, 0) is 47.4 Å². The molecule has 154 valence electrons. The maximum absolute atomic E-state index is 13.2. The minimum Gasteiger partial charge on any atom is -0.493 e. The van der Waals surface area contributed by atoms with E-state index in [2.05, 4.69) is 12.1 Å². The molecule has 0 unspecified atom stereocenters. The van der Waals surface area contributed by atoms with Gasteiger partial charge in [-0.2, -0.15) is 0 Å². The average Bonchev–Trinajstić information content (AvgIpc) is 2.82. The van der Waals surface area contributed by atoms with E-state index < -0.39 is 0 Å². The van der Waals surface area contributed by atoms with Crippen molar-refractivity contribution in [3.63, 3.8) is 0 Å². The summed E-state index contributed by atoms with van der Waals surface area (Å²) in [5, 5.41) is 0. The quantitative estimate of drug-likeness (QED) is 0.617. The highest BCUT2D eigenvalue weighted by molar-refractivity contribution is 5.79. The van der Waals surface area contributed by atoms with Gasteiger partial charge < -0.3 is 19.1 Å². The number of rotatable bonds is 6. The predicted molar refractivity (Wildman–Crippen MR) is 115 cm³/mol. The molecule has 0 aromatic heterocycles. The molecule has 5 nitrogen and oxygen atoms in total. The fourth-order valence-electron chi connectivity index (χ4n) is 3.95. The molecule has 5 heteroatoms. The van der Waals surface area contributed by atoms with E-state index in [-0.39, 0.29) is 18.6 Å². The van der Waals surface area contributed by atoms with Crippen molar-refractivity contribution in [3.8, 4) is 17.2 Å². The predicted octanol–water partition coefficient (Wildman–Crippen LogP) is 4.26. The van der Waals surface area contributed by atoms with E-state index in [4.69, 9.17) is 14.2 Å². The molecule has 0 aliphatic carbocycles. The summed E-state index contributed by atoms with van der Waals surface area (Å²) in [7, 11) is 3.26. The van der Waals surface area contributed by atoms with Crippen molar-refractivity contribution in [2.45, 2.75) is 12.5 Å². The number of carbonyl (C=O) groups is 1. The van der Waals surface area contributed by atoms with Crippen molar-refractivity contribution in [3.05, 3.63) is 89.5 Å². The second kappa shape index (κ2) is 8.91. The Hall–Kier alpha value is -3.47. The maximum Gasteiger partial charge on any atom is 0.261 e. The monoisotopic (exact) mass is 403 g/mol. The number of methoxy groups -OCH3 is 2. The Balaban J connectivity index is 1.68. The molecule has 3 aromatic carbocycles. The molecule has 1 aliphatic heterocycles. The van der Waals surface area contributed by atoms with E-state index in [1.807, 2.05) is 65.6 Å². The smallest absolute Gasteiger partial charge is 0.261 e. The van der Waals surface area contributed by atoms with Crippen LogP contribution in [0.15, 0.2) is 72.8 Å². The van der Waals surface area contributed by atoms with E-state index in [9.17, 15) is 4.79 Å². The largest absolute Gasteiger partial charge is 0.493 e. The first-order valence-electron chi connectivity index (χ1n) is 9.98. The number of amides is 1. The maximum atomic E-state index is 13.2. The Labute approximate surface area is 176 Å². The third-order valence-electron chi connectivity index (χ3n) is 5.41. The van der Waals surface area contributed by atoms with Crippen LogP contribution in [0, 0.1) is 0 Å². The van der Waals surface area contributed by atoms with Gasteiger partial charge in [0.15, 0.2) is 18.1 Å². The van der Waals surface area contributed by atoms with Crippen molar-refractivity contribution < 1.29 is 19.0 Å². The molecule has 0 bridgehead atoms. The minimum atomic E-state index is -0.207. The van der Waals surface area contributed by atoms with Crippen LogP contribution in [0.4, 0.5) is 0 Å². The number of hydrogen-bond donors (Lipinski definition) is 0. The minimum absolute atomic E-state index is 0.00400. The number of fused-ring (bicyclic) bond motifs is 1. The summed E-state index contributed by atoms with van der Waals surface area (Å²) in [5.74, 6) is 2.00. The molecule has 0 fully saturated rings. The van der Waals surface area contributed by atoms with Gasteiger partial charge in [-0.25, -0.2) is 0 Å². The van der Waals surface area contributed by atoms with E-state index in [1.165, 1.54) is 0 Å². The SMILES string of the molecule is COc1cc2c(cc1OC)[C@@H](c1ccccc1)N(C(=O)COc1ccccc1)CC2. The molecule has 1 heterocycles. The number of carbonyl (C=O) groups excluding carboxylic acids is 1. The van der Waals surface area contributed by atoms with Gasteiger partial charge in [0.25, 0.3) is 5.91 Å². The molecular formula is C25H25NO4. The Morgan fingerprint density at radius 2 is 1.57 bits per heavy atom. The van der Waals surface area contributed by atoms with Gasteiger partial charge in [0, 0.05) is 6.54 Å². The van der Waals surface area contributed by atoms with Gasteiger partial charge in [-0.15, -0.1) is 0 Å². The zero-order chi connectivity index (χ0) is 20.9. The molecule has 0 saturated carbocycles. The molecule has 30 heavy (non-hydrogen) atoms. The second-order valence-electron chi connectivity index (χ2n) is 7.16. The number of nitrogens with zero attached hydrogens (tertiary/aromatic N) is 1. The number of ether oxygens (including phenoxy) is 3. The molecule has 0 radical (unpaired) electrons. The summed E-state index contributed by atoms with van der Waals surface area (Å²) in [6.07, 6.45) is 0.746. The van der Waals surface area contributed by atoms with Crippen molar-refractivity contribution in [1.82, 2.24) is 4.90 Å². The van der Waals surface area contributed by atoms with Crippen molar-refractivity contribution >= 4 is 5.91 Å². The standard InChI is InChI=1S/C25H25NO4/c1-28-22-15-19-13-14-26(24(27)17-30-20-11-7-4-8-12-20)25(18-9-5-3-6-10-18)21(19)16-23(22)29-2/h3-12,15-16,25H,13-14,17H2,1-2H3/t25-/m1/s1. The molecule has 0 N–H and O–H groups in total. The van der Waals surface area contributed by atoms with Gasteiger partial charge in [0.2, 0.25) is 0 Å². The van der Waals surface area contributed by atoms with E-state index in [1.54, 1.807) is 14.2 Å². The molecule has 1 aliphatic rings. The van der Waals surface area contributed by atoms with Crippen LogP contribution in [0.3, 0.4) is 0 Å². The van der Waals surface area contributed by atoms with Crippen LogP contribution in [0.5, 0.6) is 17.2 Å². The lowest BCUT2D eigenvalue weighted by Gasteiger charge is -2.38. The first-order chi connectivity index (χ1) is 14.7. The van der Waals surface area contributed by atoms with Crippen LogP contribution in [0.1, 0.15) is 22.7 Å². The highest BCUT2D eigenvalue weighted by Crippen LogP contribution is 2.41. The number of hydrogen-bond acceptors (Lipinski definition) is 4. The van der Waals surface area contributed by atoms with Crippen molar-refractivity contribution in [1.29, 1.82) is 0 Å². The third kappa shape index (κ3) is 3.96. The summed E-state index contributed by atoms with van der Waals surface area (Å²) < 4.78 is 16.8. The molecule has 1 amide bonds. The lowest BCUT2D eigenvalue weighted by atomic mass is 9.87. The zero-order valence-corrected chi connectivity index (χ0v) is 17.2. The van der Waals surface area contributed by atoms with Crippen LogP contribution < -0.4 is 14.2 Å². The zero-order valence-electron chi connectivity index (χ0n) is 17.2. The van der Waals surface area contributed by atoms with Crippen molar-refractivity contribution in [2.24, 2.45) is 0 Å². The molecule has 0 spiro atoms. The molecule has 3 aromatic rings. The summed E-state index contributed by atoms with van der Waals surface area (Å²) >= 11 is 0. The van der Waals surface area contributed by atoms with Crippen LogP contribution in [0.25, 0.3) is 0 Å². The van der Waals surface area contributed by atoms with Crippen LogP contribution in [-0.2, 0) is 11.2 Å². The summed E-state index contributed by atoms with van der Waals surface area (Å²) in [6.45, 7) is 0.606. The van der Waals surface area contributed by atoms with Crippen LogP contribution >= 0.6 is 0 Å². The first-order valence-corrected chi connectivity index (χ1v) is 9.98. The first kappa shape index (κ1) is 19.8. The van der Waals surface area contributed by atoms with E-state index in [0.29, 0.717) is 23.8 Å². The molecule has 0 saturated heterocycles. The fourth-order valence-corrected chi connectivity index (χ4v) is 3.95. The van der Waals surface area contributed by atoms with Gasteiger partial charge >= 0.3 is 0 Å². The summed E-state index contributed by atoms with van der Waals surface area (Å²) in [6, 6.07) is 23.3. The van der Waals surface area contributed by atoms with Crippen LogP contribution in [0.2, 0.25) is 0 Å². The van der Waals surface area contributed by atoms with Gasteiger partial charge in [-0.3, -0.25) is 4.79 Å². The van der Waals surface area contributed by atoms with Crippen molar-refractivity contribution in [2.75, 3.05) is 27.4 Å². The fraction of sp³-hybridized carbons (Fsp3) is 0.240. The normalized spacial score (nSPS) is 15.3.